The lowest BCUT2D eigenvalue weighted by Gasteiger charge is -2.24. The molecule has 0 radical (unpaired) electrons. The number of aliphatic carboxylic acids is 1. The predicted octanol–water partition coefficient (Wildman–Crippen LogP) is -2.18. The average molecular weight is 452 g/mol. The summed E-state index contributed by atoms with van der Waals surface area (Å²) >= 11 is 5.45. The number of nitrogens with one attached hydrogen (secondary N) is 3. The highest BCUT2D eigenvalue weighted by atomic mass is 32.2. The topological polar surface area (TPSA) is 194 Å². The maximum Gasteiger partial charge on any atom is 0.326 e. The number of primary amides is 1. The molecule has 0 aromatic heterocycles. The first-order valence-electron chi connectivity index (χ1n) is 8.81. The van der Waals surface area contributed by atoms with Crippen molar-refractivity contribution in [2.24, 2.45) is 11.5 Å². The Morgan fingerprint density at radius 1 is 0.966 bits per heavy atom. The summed E-state index contributed by atoms with van der Waals surface area (Å²) < 4.78 is 0. The first kappa shape index (κ1) is 27.0. The first-order valence-corrected chi connectivity index (χ1v) is 10.8. The molecule has 4 unspecified atom stereocenters. The smallest absolute Gasteiger partial charge is 0.326 e. The fourth-order valence-electron chi connectivity index (χ4n) is 2.09. The lowest BCUT2D eigenvalue weighted by Crippen LogP contribution is -2.57. The monoisotopic (exact) mass is 451 g/mol. The Hall–Kier alpha value is -1.99. The van der Waals surface area contributed by atoms with E-state index in [1.165, 1.54) is 18.7 Å². The zero-order chi connectivity index (χ0) is 22.6. The first-order chi connectivity index (χ1) is 13.5. The van der Waals surface area contributed by atoms with Gasteiger partial charge in [-0.2, -0.15) is 24.4 Å². The fourth-order valence-corrected chi connectivity index (χ4v) is 2.82. The van der Waals surface area contributed by atoms with Crippen LogP contribution in [0.2, 0.25) is 0 Å². The summed E-state index contributed by atoms with van der Waals surface area (Å²) in [5, 5.41) is 16.4. The molecule has 0 heterocycles. The van der Waals surface area contributed by atoms with E-state index in [1.54, 1.807) is 6.26 Å². The molecule has 0 aromatic carbocycles. The molecule has 0 aliphatic carbocycles. The van der Waals surface area contributed by atoms with Crippen LogP contribution < -0.4 is 27.4 Å². The van der Waals surface area contributed by atoms with Crippen molar-refractivity contribution in [3.63, 3.8) is 0 Å². The van der Waals surface area contributed by atoms with Crippen molar-refractivity contribution in [3.8, 4) is 0 Å². The number of carboxylic acid groups (broad SMARTS) is 1. The number of nitrogens with two attached hydrogens (primary N) is 2. The van der Waals surface area contributed by atoms with E-state index in [4.69, 9.17) is 11.5 Å². The number of hydrogen-bond acceptors (Lipinski definition) is 8. The third-order valence-electron chi connectivity index (χ3n) is 3.77. The Morgan fingerprint density at radius 2 is 1.48 bits per heavy atom. The van der Waals surface area contributed by atoms with E-state index in [1.807, 2.05) is 0 Å². The predicted molar refractivity (Wildman–Crippen MR) is 112 cm³/mol. The van der Waals surface area contributed by atoms with Gasteiger partial charge < -0.3 is 32.5 Å². The largest absolute Gasteiger partial charge is 0.480 e. The summed E-state index contributed by atoms with van der Waals surface area (Å²) in [6.07, 6.45) is 1.75. The van der Waals surface area contributed by atoms with Crippen molar-refractivity contribution in [2.75, 3.05) is 17.8 Å². The summed E-state index contributed by atoms with van der Waals surface area (Å²) in [6, 6.07) is -4.30. The van der Waals surface area contributed by atoms with E-state index >= 15 is 0 Å². The van der Waals surface area contributed by atoms with Crippen LogP contribution in [0.4, 0.5) is 0 Å². The van der Waals surface area contributed by atoms with Crippen molar-refractivity contribution in [3.05, 3.63) is 0 Å². The van der Waals surface area contributed by atoms with Crippen LogP contribution in [0.25, 0.3) is 0 Å². The Morgan fingerprint density at radius 3 is 1.93 bits per heavy atom. The zero-order valence-corrected chi connectivity index (χ0v) is 18.1. The number of rotatable bonds is 14. The Kier molecular flexibility index (Phi) is 13.1. The van der Waals surface area contributed by atoms with Gasteiger partial charge in [-0.1, -0.05) is 0 Å². The van der Waals surface area contributed by atoms with Crippen molar-refractivity contribution < 1.29 is 29.1 Å². The highest BCUT2D eigenvalue weighted by Gasteiger charge is 2.29. The minimum Gasteiger partial charge on any atom is -0.480 e. The maximum atomic E-state index is 12.5. The van der Waals surface area contributed by atoms with Crippen LogP contribution in [0.1, 0.15) is 26.2 Å². The highest BCUT2D eigenvalue weighted by molar-refractivity contribution is 7.98. The minimum atomic E-state index is -1.19. The van der Waals surface area contributed by atoms with E-state index in [9.17, 15) is 29.1 Å². The number of hydrogen-bond donors (Lipinski definition) is 7. The van der Waals surface area contributed by atoms with Crippen LogP contribution >= 0.6 is 24.4 Å². The van der Waals surface area contributed by atoms with Gasteiger partial charge in [-0.25, -0.2) is 4.79 Å². The van der Waals surface area contributed by atoms with Gasteiger partial charge in [0.05, 0.1) is 6.04 Å². The molecule has 4 amide bonds. The van der Waals surface area contributed by atoms with Crippen LogP contribution in [-0.2, 0) is 24.0 Å². The number of thioether (sulfide) groups is 1. The quantitative estimate of drug-likeness (QED) is 0.145. The van der Waals surface area contributed by atoms with E-state index < -0.39 is 53.8 Å². The van der Waals surface area contributed by atoms with Crippen molar-refractivity contribution in [1.29, 1.82) is 0 Å². The summed E-state index contributed by atoms with van der Waals surface area (Å²) in [6.45, 7) is 1.42. The zero-order valence-electron chi connectivity index (χ0n) is 16.3. The number of carbonyl (C=O) groups is 5. The number of carbonyl (C=O) groups excluding carboxylic acids is 4. The van der Waals surface area contributed by atoms with Crippen molar-refractivity contribution in [1.82, 2.24) is 16.0 Å². The molecule has 8 N–H and O–H groups in total. The summed E-state index contributed by atoms with van der Waals surface area (Å²) in [7, 11) is 0. The highest BCUT2D eigenvalue weighted by Crippen LogP contribution is 2.04. The van der Waals surface area contributed by atoms with Crippen LogP contribution in [0, 0.1) is 0 Å². The second-order valence-electron chi connectivity index (χ2n) is 6.28. The summed E-state index contributed by atoms with van der Waals surface area (Å²) in [5.74, 6) is -3.55. The van der Waals surface area contributed by atoms with Gasteiger partial charge in [0.25, 0.3) is 0 Å². The molecule has 0 rings (SSSR count). The lowest BCUT2D eigenvalue weighted by atomic mass is 10.1. The maximum absolute atomic E-state index is 12.5. The van der Waals surface area contributed by atoms with Gasteiger partial charge in [-0.15, -0.1) is 0 Å². The van der Waals surface area contributed by atoms with E-state index in [-0.39, 0.29) is 25.0 Å². The number of amides is 4. The van der Waals surface area contributed by atoms with Gasteiger partial charge in [-0.05, 0) is 31.8 Å². The molecule has 13 heteroatoms. The second kappa shape index (κ2) is 14.1. The van der Waals surface area contributed by atoms with Gasteiger partial charge >= 0.3 is 5.97 Å². The molecule has 166 valence electrons. The molecular formula is C16H29N5O6S2. The van der Waals surface area contributed by atoms with E-state index in [2.05, 4.69) is 28.6 Å². The van der Waals surface area contributed by atoms with E-state index in [0.29, 0.717) is 5.75 Å². The molecule has 0 spiro atoms. The van der Waals surface area contributed by atoms with Crippen LogP contribution in [0.15, 0.2) is 0 Å². The van der Waals surface area contributed by atoms with Crippen LogP contribution in [0.3, 0.4) is 0 Å². The van der Waals surface area contributed by atoms with Crippen LogP contribution in [0.5, 0.6) is 0 Å². The van der Waals surface area contributed by atoms with Gasteiger partial charge in [0.1, 0.15) is 18.1 Å². The molecule has 0 aliphatic rings. The normalized spacial score (nSPS) is 14.8. The van der Waals surface area contributed by atoms with Gasteiger partial charge in [0, 0.05) is 12.2 Å². The van der Waals surface area contributed by atoms with Crippen molar-refractivity contribution in [2.45, 2.75) is 50.4 Å². The third-order valence-corrected chi connectivity index (χ3v) is 4.78. The van der Waals surface area contributed by atoms with Crippen LogP contribution in [-0.4, -0.2) is 76.6 Å². The second-order valence-corrected chi connectivity index (χ2v) is 7.63. The molecule has 11 nitrogen and oxygen atoms in total. The van der Waals surface area contributed by atoms with Gasteiger partial charge in [0.15, 0.2) is 0 Å². The Bertz CT molecular complexity index is 604. The standard InChI is InChI=1S/C16H29N5O6S2/c1-8(17)13(23)19-9(3-4-12(18)22)14(24)21-11(7-28)15(25)20-10(16(26)27)5-6-29-2/h8-11,28H,3-7,17H2,1-2H3,(H2,18,22)(H,19,23)(H,20,25)(H,21,24)(H,26,27). The molecule has 0 bridgehead atoms. The molecule has 0 aliphatic heterocycles. The number of thiol groups is 1. The Labute approximate surface area is 178 Å². The van der Waals surface area contributed by atoms with Gasteiger partial charge in [-0.3, -0.25) is 19.2 Å². The molecule has 0 fully saturated rings. The molecule has 29 heavy (non-hydrogen) atoms. The minimum absolute atomic E-state index is 0.0913. The molecule has 0 saturated heterocycles. The van der Waals surface area contributed by atoms with E-state index in [0.717, 1.165) is 0 Å². The molecular weight excluding hydrogens is 422 g/mol. The molecule has 0 aromatic rings. The summed E-state index contributed by atoms with van der Waals surface area (Å²) in [4.78, 5) is 59.0. The SMILES string of the molecule is CSCCC(NC(=O)C(CS)NC(=O)C(CCC(N)=O)NC(=O)C(C)N)C(=O)O. The third kappa shape index (κ3) is 10.9. The Balaban J connectivity index is 5.14. The summed E-state index contributed by atoms with van der Waals surface area (Å²) in [5.41, 5.74) is 10.6. The van der Waals surface area contributed by atoms with Gasteiger partial charge in [0.2, 0.25) is 23.6 Å². The number of carboxylic acids is 1. The average Bonchev–Trinajstić information content (AvgIpc) is 2.65. The van der Waals surface area contributed by atoms with Crippen molar-refractivity contribution >= 4 is 54.0 Å². The molecule has 0 saturated carbocycles. The fraction of sp³-hybridized carbons (Fsp3) is 0.688. The lowest BCUT2D eigenvalue weighted by molar-refractivity contribution is -0.142. The molecule has 4 atom stereocenters.